The molecule has 2 heteroatoms. The molecule has 0 bridgehead atoms. The van der Waals surface area contributed by atoms with Gasteiger partial charge in [-0.05, 0) is 18.6 Å². The van der Waals surface area contributed by atoms with Crippen molar-refractivity contribution >= 4 is 11.8 Å². The lowest BCUT2D eigenvalue weighted by molar-refractivity contribution is 0.489. The topological polar surface area (TPSA) is 0 Å². The van der Waals surface area contributed by atoms with Crippen molar-refractivity contribution in [2.24, 2.45) is 0 Å². The number of rotatable bonds is 4. The fraction of sp³-hybridized carbons (Fsp3) is 0.333. The standard InChI is InChI=1S/C9H11FS/c10-7-4-8-11-9-5-2-1-3-6-9/h1-3,5-6H,4,7-8H2. The molecule has 0 saturated carbocycles. The Bertz CT molecular complexity index is 186. The van der Waals surface area contributed by atoms with Crippen LogP contribution in [0, 0.1) is 0 Å². The van der Waals surface area contributed by atoms with Gasteiger partial charge in [0.1, 0.15) is 0 Å². The molecule has 0 aliphatic carbocycles. The van der Waals surface area contributed by atoms with Crippen molar-refractivity contribution in [1.82, 2.24) is 0 Å². The lowest BCUT2D eigenvalue weighted by Gasteiger charge is -1.97. The molecule has 0 unspecified atom stereocenters. The van der Waals surface area contributed by atoms with Crippen molar-refractivity contribution in [3.05, 3.63) is 30.3 Å². The minimum absolute atomic E-state index is 0.208. The number of halogens is 1. The van der Waals surface area contributed by atoms with Crippen LogP contribution >= 0.6 is 11.8 Å². The van der Waals surface area contributed by atoms with E-state index in [9.17, 15) is 4.39 Å². The van der Waals surface area contributed by atoms with E-state index in [1.54, 1.807) is 11.8 Å². The molecule has 60 valence electrons. The van der Waals surface area contributed by atoms with Crippen molar-refractivity contribution in [3.63, 3.8) is 0 Å². The summed E-state index contributed by atoms with van der Waals surface area (Å²) in [5, 5.41) is 0. The van der Waals surface area contributed by atoms with Gasteiger partial charge in [0.15, 0.2) is 0 Å². The van der Waals surface area contributed by atoms with E-state index in [1.165, 1.54) is 4.90 Å². The maximum atomic E-state index is 11.7. The average Bonchev–Trinajstić information content (AvgIpc) is 2.07. The zero-order valence-electron chi connectivity index (χ0n) is 6.29. The fourth-order valence-electron chi connectivity index (χ4n) is 0.761. The second kappa shape index (κ2) is 5.19. The molecule has 1 aromatic carbocycles. The van der Waals surface area contributed by atoms with Gasteiger partial charge in [-0.15, -0.1) is 11.8 Å². The van der Waals surface area contributed by atoms with E-state index in [0.29, 0.717) is 6.42 Å². The maximum absolute atomic E-state index is 11.7. The van der Waals surface area contributed by atoms with E-state index in [4.69, 9.17) is 0 Å². The van der Waals surface area contributed by atoms with E-state index in [-0.39, 0.29) is 6.67 Å². The molecule has 0 amide bonds. The van der Waals surface area contributed by atoms with Crippen molar-refractivity contribution in [2.45, 2.75) is 11.3 Å². The van der Waals surface area contributed by atoms with Crippen molar-refractivity contribution in [1.29, 1.82) is 0 Å². The smallest absolute Gasteiger partial charge is 0.0902 e. The first kappa shape index (κ1) is 8.60. The number of hydrogen-bond acceptors (Lipinski definition) is 1. The van der Waals surface area contributed by atoms with Gasteiger partial charge < -0.3 is 0 Å². The van der Waals surface area contributed by atoms with Crippen molar-refractivity contribution in [3.8, 4) is 0 Å². The first-order valence-corrected chi connectivity index (χ1v) is 4.66. The highest BCUT2D eigenvalue weighted by molar-refractivity contribution is 7.99. The molecule has 0 spiro atoms. The van der Waals surface area contributed by atoms with Gasteiger partial charge in [-0.25, -0.2) is 0 Å². The van der Waals surface area contributed by atoms with Crippen LogP contribution in [0.5, 0.6) is 0 Å². The van der Waals surface area contributed by atoms with Gasteiger partial charge in [-0.1, -0.05) is 18.2 Å². The Balaban J connectivity index is 2.28. The molecular weight excluding hydrogens is 159 g/mol. The summed E-state index contributed by atoms with van der Waals surface area (Å²) in [5.41, 5.74) is 0. The van der Waals surface area contributed by atoms with E-state index in [2.05, 4.69) is 0 Å². The van der Waals surface area contributed by atoms with Crippen LogP contribution in [-0.4, -0.2) is 12.4 Å². The largest absolute Gasteiger partial charge is 0.251 e. The minimum atomic E-state index is -0.208. The molecule has 0 radical (unpaired) electrons. The van der Waals surface area contributed by atoms with Gasteiger partial charge in [0.25, 0.3) is 0 Å². The molecule has 0 atom stereocenters. The minimum Gasteiger partial charge on any atom is -0.251 e. The third-order valence-corrected chi connectivity index (χ3v) is 2.39. The Morgan fingerprint density at radius 2 is 1.91 bits per heavy atom. The van der Waals surface area contributed by atoms with Crippen LogP contribution in [0.25, 0.3) is 0 Å². The summed E-state index contributed by atoms with van der Waals surface area (Å²) in [6, 6.07) is 10.1. The van der Waals surface area contributed by atoms with Crippen molar-refractivity contribution < 1.29 is 4.39 Å². The molecule has 0 saturated heterocycles. The number of alkyl halides is 1. The van der Waals surface area contributed by atoms with Gasteiger partial charge in [-0.2, -0.15) is 0 Å². The molecule has 0 heterocycles. The Kier molecular flexibility index (Phi) is 4.06. The molecule has 0 aliphatic rings. The summed E-state index contributed by atoms with van der Waals surface area (Å²) >= 11 is 1.70. The Morgan fingerprint density at radius 3 is 2.55 bits per heavy atom. The lowest BCUT2D eigenvalue weighted by atomic mass is 10.4. The van der Waals surface area contributed by atoms with Gasteiger partial charge in [-0.3, -0.25) is 4.39 Å². The number of benzene rings is 1. The van der Waals surface area contributed by atoms with Crippen LogP contribution in [0.1, 0.15) is 6.42 Å². The van der Waals surface area contributed by atoms with Crippen LogP contribution in [0.15, 0.2) is 35.2 Å². The van der Waals surface area contributed by atoms with Gasteiger partial charge >= 0.3 is 0 Å². The lowest BCUT2D eigenvalue weighted by Crippen LogP contribution is -1.80. The molecule has 1 aromatic rings. The van der Waals surface area contributed by atoms with Crippen LogP contribution in [0.2, 0.25) is 0 Å². The number of hydrogen-bond donors (Lipinski definition) is 0. The number of thioether (sulfide) groups is 1. The highest BCUT2D eigenvalue weighted by atomic mass is 32.2. The van der Waals surface area contributed by atoms with Gasteiger partial charge in [0.2, 0.25) is 0 Å². The third-order valence-electron chi connectivity index (χ3n) is 1.29. The summed E-state index contributed by atoms with van der Waals surface area (Å²) in [6.07, 6.45) is 0.652. The SMILES string of the molecule is FCCCSc1ccccc1. The Morgan fingerprint density at radius 1 is 1.18 bits per heavy atom. The monoisotopic (exact) mass is 170 g/mol. The third kappa shape index (κ3) is 3.42. The normalized spacial score (nSPS) is 9.91. The molecule has 0 fully saturated rings. The van der Waals surface area contributed by atoms with E-state index >= 15 is 0 Å². The predicted octanol–water partition coefficient (Wildman–Crippen LogP) is 3.14. The Labute approximate surface area is 70.8 Å². The first-order valence-electron chi connectivity index (χ1n) is 3.67. The summed E-state index contributed by atoms with van der Waals surface area (Å²) in [4.78, 5) is 1.22. The average molecular weight is 170 g/mol. The predicted molar refractivity (Wildman–Crippen MR) is 47.8 cm³/mol. The zero-order valence-corrected chi connectivity index (χ0v) is 7.11. The van der Waals surface area contributed by atoms with Crippen LogP contribution in [-0.2, 0) is 0 Å². The highest BCUT2D eigenvalue weighted by Crippen LogP contribution is 2.17. The highest BCUT2D eigenvalue weighted by Gasteiger charge is 1.90. The molecule has 11 heavy (non-hydrogen) atoms. The van der Waals surface area contributed by atoms with Crippen LogP contribution in [0.4, 0.5) is 4.39 Å². The Hall–Kier alpha value is -0.500. The first-order chi connectivity index (χ1) is 5.43. The fourth-order valence-corrected chi connectivity index (χ4v) is 1.60. The quantitative estimate of drug-likeness (QED) is 0.494. The molecular formula is C9H11FS. The zero-order chi connectivity index (χ0) is 7.94. The van der Waals surface area contributed by atoms with E-state index in [1.807, 2.05) is 30.3 Å². The second-order valence-electron chi connectivity index (χ2n) is 2.20. The maximum Gasteiger partial charge on any atom is 0.0902 e. The molecule has 0 aliphatic heterocycles. The summed E-state index contributed by atoms with van der Waals surface area (Å²) in [5.74, 6) is 0.876. The summed E-state index contributed by atoms with van der Waals surface area (Å²) in [7, 11) is 0. The van der Waals surface area contributed by atoms with Crippen LogP contribution < -0.4 is 0 Å². The molecule has 0 aromatic heterocycles. The molecule has 0 nitrogen and oxygen atoms in total. The van der Waals surface area contributed by atoms with E-state index < -0.39 is 0 Å². The summed E-state index contributed by atoms with van der Waals surface area (Å²) in [6.45, 7) is -0.208. The molecule has 0 N–H and O–H groups in total. The van der Waals surface area contributed by atoms with E-state index in [0.717, 1.165) is 5.75 Å². The van der Waals surface area contributed by atoms with Crippen molar-refractivity contribution in [2.75, 3.05) is 12.4 Å². The molecule has 1 rings (SSSR count). The summed E-state index contributed by atoms with van der Waals surface area (Å²) < 4.78 is 11.7. The van der Waals surface area contributed by atoms with Crippen LogP contribution in [0.3, 0.4) is 0 Å². The van der Waals surface area contributed by atoms with Gasteiger partial charge in [0.05, 0.1) is 6.67 Å². The second-order valence-corrected chi connectivity index (χ2v) is 3.37. The van der Waals surface area contributed by atoms with Gasteiger partial charge in [0, 0.05) is 10.6 Å².